The molecule has 5 heteroatoms. The van der Waals surface area contributed by atoms with E-state index in [1.165, 1.54) is 27.2 Å². The lowest BCUT2D eigenvalue weighted by molar-refractivity contribution is -0.906. The zero-order valence-electron chi connectivity index (χ0n) is 18.7. The van der Waals surface area contributed by atoms with Gasteiger partial charge in [0.15, 0.2) is 0 Å². The molecule has 1 fully saturated rings. The second-order valence-electron chi connectivity index (χ2n) is 8.82. The molecule has 1 aromatic carbocycles. The first-order valence-corrected chi connectivity index (χ1v) is 11.4. The average Bonchev–Trinajstić information content (AvgIpc) is 2.75. The van der Waals surface area contributed by atoms with E-state index in [2.05, 4.69) is 39.1 Å². The van der Waals surface area contributed by atoms with Gasteiger partial charge in [-0.15, -0.1) is 0 Å². The van der Waals surface area contributed by atoms with Crippen LogP contribution >= 0.6 is 0 Å². The van der Waals surface area contributed by atoms with E-state index >= 15 is 0 Å². The van der Waals surface area contributed by atoms with Gasteiger partial charge in [0.25, 0.3) is 0 Å². The standard InChI is InChI=1S/C24H38N2O3/c1-5-12-29-23-15-17(2)21-7-6-20(16-22(21)19(23)4)18(3)24(27)25-8-9-26-10-13-28-14-11-26/h15,18,20H,5-14,16H2,1-4H3,(H,25,27)/p+1/t18-,20+/m0/s1. The van der Waals surface area contributed by atoms with Crippen LogP contribution in [0.3, 0.4) is 0 Å². The van der Waals surface area contributed by atoms with Crippen molar-refractivity contribution in [2.45, 2.75) is 53.4 Å². The monoisotopic (exact) mass is 403 g/mol. The van der Waals surface area contributed by atoms with E-state index in [1.807, 2.05) is 0 Å². The Morgan fingerprint density at radius 1 is 1.31 bits per heavy atom. The summed E-state index contributed by atoms with van der Waals surface area (Å²) in [7, 11) is 0. The number of quaternary nitrogens is 1. The van der Waals surface area contributed by atoms with Crippen molar-refractivity contribution >= 4 is 5.91 Å². The Hall–Kier alpha value is -1.59. The predicted octanol–water partition coefficient (Wildman–Crippen LogP) is 1.86. The number of ether oxygens (including phenoxy) is 2. The molecule has 2 atom stereocenters. The number of aryl methyl sites for hydroxylation is 1. The molecular formula is C24H39N2O3+. The van der Waals surface area contributed by atoms with Crippen molar-refractivity contribution in [3.63, 3.8) is 0 Å². The fourth-order valence-electron chi connectivity index (χ4n) is 4.76. The Labute approximate surface area is 176 Å². The molecule has 5 nitrogen and oxygen atoms in total. The topological polar surface area (TPSA) is 52.0 Å². The van der Waals surface area contributed by atoms with Gasteiger partial charge in [0, 0.05) is 5.92 Å². The molecule has 29 heavy (non-hydrogen) atoms. The van der Waals surface area contributed by atoms with Gasteiger partial charge in [-0.1, -0.05) is 13.8 Å². The zero-order chi connectivity index (χ0) is 20.8. The summed E-state index contributed by atoms with van der Waals surface area (Å²) in [5, 5.41) is 3.19. The Morgan fingerprint density at radius 2 is 2.07 bits per heavy atom. The molecule has 0 radical (unpaired) electrons. The van der Waals surface area contributed by atoms with Crippen LogP contribution in [0, 0.1) is 25.7 Å². The number of morpholine rings is 1. The van der Waals surface area contributed by atoms with Gasteiger partial charge in [0.05, 0.1) is 32.9 Å². The first kappa shape index (κ1) is 22.1. The number of carbonyl (C=O) groups excluding carboxylic acids is 1. The van der Waals surface area contributed by atoms with Gasteiger partial charge in [-0.05, 0) is 73.8 Å². The maximum absolute atomic E-state index is 12.8. The van der Waals surface area contributed by atoms with E-state index in [0.29, 0.717) is 5.92 Å². The molecule has 1 aliphatic heterocycles. The molecule has 0 spiro atoms. The Kier molecular flexibility index (Phi) is 7.96. The highest BCUT2D eigenvalue weighted by Gasteiger charge is 2.30. The van der Waals surface area contributed by atoms with Gasteiger partial charge < -0.3 is 19.7 Å². The highest BCUT2D eigenvalue weighted by Crippen LogP contribution is 2.37. The first-order chi connectivity index (χ1) is 14.0. The summed E-state index contributed by atoms with van der Waals surface area (Å²) in [5.41, 5.74) is 5.50. The average molecular weight is 404 g/mol. The summed E-state index contributed by atoms with van der Waals surface area (Å²) < 4.78 is 11.4. The van der Waals surface area contributed by atoms with Crippen molar-refractivity contribution in [2.75, 3.05) is 46.0 Å². The van der Waals surface area contributed by atoms with Gasteiger partial charge in [-0.2, -0.15) is 0 Å². The van der Waals surface area contributed by atoms with Crippen LogP contribution in [0.25, 0.3) is 0 Å². The smallest absolute Gasteiger partial charge is 0.223 e. The number of amides is 1. The Morgan fingerprint density at radius 3 is 2.79 bits per heavy atom. The summed E-state index contributed by atoms with van der Waals surface area (Å²) in [5.74, 6) is 1.67. The summed E-state index contributed by atoms with van der Waals surface area (Å²) in [4.78, 5) is 14.3. The molecule has 0 unspecified atom stereocenters. The van der Waals surface area contributed by atoms with Crippen LogP contribution in [0.4, 0.5) is 0 Å². The number of fused-ring (bicyclic) bond motifs is 1. The van der Waals surface area contributed by atoms with Crippen LogP contribution in [0.1, 0.15) is 48.9 Å². The van der Waals surface area contributed by atoms with E-state index in [9.17, 15) is 4.79 Å². The SMILES string of the molecule is CCCOc1cc(C)c2c(c1C)C[C@H]([C@H](C)C(=O)NCC[NH+]1CCOCC1)CC2. The first-order valence-electron chi connectivity index (χ1n) is 11.4. The molecule has 2 aliphatic rings. The van der Waals surface area contributed by atoms with Crippen molar-refractivity contribution in [3.8, 4) is 5.75 Å². The Bertz CT molecular complexity index is 698. The lowest BCUT2D eigenvalue weighted by atomic mass is 9.74. The predicted molar refractivity (Wildman–Crippen MR) is 116 cm³/mol. The zero-order valence-corrected chi connectivity index (χ0v) is 18.7. The third-order valence-corrected chi connectivity index (χ3v) is 6.80. The van der Waals surface area contributed by atoms with Crippen LogP contribution < -0.4 is 15.0 Å². The minimum Gasteiger partial charge on any atom is -0.493 e. The van der Waals surface area contributed by atoms with Crippen LogP contribution in [-0.2, 0) is 22.4 Å². The second kappa shape index (κ2) is 10.4. The van der Waals surface area contributed by atoms with E-state index in [1.54, 1.807) is 0 Å². The maximum atomic E-state index is 12.8. The maximum Gasteiger partial charge on any atom is 0.223 e. The van der Waals surface area contributed by atoms with E-state index in [-0.39, 0.29) is 11.8 Å². The van der Waals surface area contributed by atoms with Crippen LogP contribution in [0.2, 0.25) is 0 Å². The van der Waals surface area contributed by atoms with Gasteiger partial charge in [0.1, 0.15) is 18.8 Å². The van der Waals surface area contributed by atoms with Crippen molar-refractivity contribution in [3.05, 3.63) is 28.3 Å². The minimum absolute atomic E-state index is 0.0442. The van der Waals surface area contributed by atoms with Gasteiger partial charge >= 0.3 is 0 Å². The van der Waals surface area contributed by atoms with Gasteiger partial charge in [0.2, 0.25) is 5.91 Å². The van der Waals surface area contributed by atoms with Gasteiger partial charge in [-0.3, -0.25) is 4.79 Å². The van der Waals surface area contributed by atoms with Crippen molar-refractivity contribution in [1.29, 1.82) is 0 Å². The number of hydrogen-bond donors (Lipinski definition) is 2. The lowest BCUT2D eigenvalue weighted by Crippen LogP contribution is -3.14. The fourth-order valence-corrected chi connectivity index (χ4v) is 4.76. The lowest BCUT2D eigenvalue weighted by Gasteiger charge is -2.32. The number of nitrogens with one attached hydrogen (secondary N) is 2. The third kappa shape index (κ3) is 5.52. The molecule has 162 valence electrons. The molecule has 3 rings (SSSR count). The fraction of sp³-hybridized carbons (Fsp3) is 0.708. The van der Waals surface area contributed by atoms with Crippen LogP contribution in [0.5, 0.6) is 5.75 Å². The van der Waals surface area contributed by atoms with Gasteiger partial charge in [-0.25, -0.2) is 0 Å². The van der Waals surface area contributed by atoms with E-state index in [0.717, 1.165) is 77.4 Å². The summed E-state index contributed by atoms with van der Waals surface area (Å²) in [6.07, 6.45) is 4.15. The molecule has 1 heterocycles. The summed E-state index contributed by atoms with van der Waals surface area (Å²) >= 11 is 0. The highest BCUT2D eigenvalue weighted by atomic mass is 16.5. The number of benzene rings is 1. The second-order valence-corrected chi connectivity index (χ2v) is 8.82. The Balaban J connectivity index is 1.58. The normalized spacial score (nSPS) is 20.8. The minimum atomic E-state index is 0.0442. The van der Waals surface area contributed by atoms with Crippen LogP contribution in [-0.4, -0.2) is 51.9 Å². The van der Waals surface area contributed by atoms with E-state index in [4.69, 9.17) is 9.47 Å². The third-order valence-electron chi connectivity index (χ3n) is 6.80. The molecule has 0 saturated carbocycles. The molecular weight excluding hydrogens is 364 g/mol. The molecule has 1 amide bonds. The summed E-state index contributed by atoms with van der Waals surface area (Å²) in [6.45, 7) is 14.9. The van der Waals surface area contributed by atoms with Crippen molar-refractivity contribution in [1.82, 2.24) is 5.32 Å². The van der Waals surface area contributed by atoms with Crippen molar-refractivity contribution in [2.24, 2.45) is 11.8 Å². The number of carbonyl (C=O) groups is 1. The summed E-state index contributed by atoms with van der Waals surface area (Å²) in [6, 6.07) is 2.20. The molecule has 2 N–H and O–H groups in total. The quantitative estimate of drug-likeness (QED) is 0.697. The molecule has 1 saturated heterocycles. The molecule has 0 bridgehead atoms. The molecule has 0 aromatic heterocycles. The molecule has 1 aliphatic carbocycles. The highest BCUT2D eigenvalue weighted by molar-refractivity contribution is 5.78. The van der Waals surface area contributed by atoms with E-state index < -0.39 is 0 Å². The largest absolute Gasteiger partial charge is 0.493 e. The molecule has 1 aromatic rings. The van der Waals surface area contributed by atoms with Crippen molar-refractivity contribution < 1.29 is 19.2 Å². The number of rotatable bonds is 8. The van der Waals surface area contributed by atoms with Crippen LogP contribution in [0.15, 0.2) is 6.07 Å². The number of hydrogen-bond acceptors (Lipinski definition) is 3.